The van der Waals surface area contributed by atoms with Crippen LogP contribution in [-0.4, -0.2) is 44.2 Å². The molecular formula is C21H25N5O5S. The second-order valence-electron chi connectivity index (χ2n) is 7.23. The second kappa shape index (κ2) is 10.2. The molecule has 1 atom stereocenters. The molecule has 32 heavy (non-hydrogen) atoms. The lowest BCUT2D eigenvalue weighted by Gasteiger charge is -2.14. The molecule has 1 amide bonds. The predicted octanol–water partition coefficient (Wildman–Crippen LogP) is 2.42. The van der Waals surface area contributed by atoms with Crippen LogP contribution in [0, 0.1) is 10.1 Å². The van der Waals surface area contributed by atoms with Crippen molar-refractivity contribution in [3.8, 4) is 0 Å². The van der Waals surface area contributed by atoms with E-state index in [0.29, 0.717) is 17.7 Å². The summed E-state index contributed by atoms with van der Waals surface area (Å²) in [6.45, 7) is 2.50. The monoisotopic (exact) mass is 459 g/mol. The van der Waals surface area contributed by atoms with Gasteiger partial charge in [0.25, 0.3) is 15.7 Å². The number of sulfonamides is 1. The number of amidine groups is 1. The molecule has 0 radical (unpaired) electrons. The van der Waals surface area contributed by atoms with Crippen LogP contribution in [0.2, 0.25) is 0 Å². The Bertz CT molecular complexity index is 1130. The molecule has 1 unspecified atom stereocenters. The first kappa shape index (κ1) is 23.2. The van der Waals surface area contributed by atoms with Gasteiger partial charge in [-0.25, -0.2) is 8.42 Å². The summed E-state index contributed by atoms with van der Waals surface area (Å²) in [4.78, 5) is 27.9. The van der Waals surface area contributed by atoms with Gasteiger partial charge in [-0.3, -0.25) is 24.6 Å². The highest BCUT2D eigenvalue weighted by Gasteiger charge is 2.31. The Hall–Kier alpha value is -3.47. The predicted molar refractivity (Wildman–Crippen MR) is 121 cm³/mol. The van der Waals surface area contributed by atoms with Crippen LogP contribution in [0.3, 0.4) is 0 Å². The largest absolute Gasteiger partial charge is 0.378 e. The van der Waals surface area contributed by atoms with E-state index < -0.39 is 21.0 Å². The number of aliphatic imine (C=N–C) groups is 1. The summed E-state index contributed by atoms with van der Waals surface area (Å²) in [5.41, 5.74) is 0.768. The average molecular weight is 460 g/mol. The SMILES string of the molecule is CCCCC(N=C1NS(=O)(=O)c2ccccc21)C(=O)NCCNc1ccccc1[N+](=O)[O-]. The van der Waals surface area contributed by atoms with Crippen LogP contribution in [0.1, 0.15) is 31.7 Å². The Morgan fingerprint density at radius 3 is 2.62 bits per heavy atom. The minimum Gasteiger partial charge on any atom is -0.378 e. The standard InChI is InChI=1S/C21H25N5O5S/c1-2-3-9-17(24-20-15-8-4-7-12-19(15)32(30,31)25-20)21(27)23-14-13-22-16-10-5-6-11-18(16)26(28)29/h4-8,10-12,17,22H,2-3,9,13-14H2,1H3,(H,23,27)(H,24,25). The molecule has 1 aliphatic heterocycles. The number of unbranched alkanes of at least 4 members (excludes halogenated alkanes) is 1. The summed E-state index contributed by atoms with van der Waals surface area (Å²) < 4.78 is 27.0. The van der Waals surface area contributed by atoms with Gasteiger partial charge in [-0.1, -0.05) is 44.0 Å². The lowest BCUT2D eigenvalue weighted by molar-refractivity contribution is -0.384. The summed E-state index contributed by atoms with van der Waals surface area (Å²) in [7, 11) is -3.69. The van der Waals surface area contributed by atoms with Crippen LogP contribution in [0.5, 0.6) is 0 Å². The van der Waals surface area contributed by atoms with Crippen molar-refractivity contribution in [3.63, 3.8) is 0 Å². The molecule has 0 aromatic heterocycles. The number of hydrogen-bond donors (Lipinski definition) is 3. The third kappa shape index (κ3) is 5.41. The number of nitro groups is 1. The highest BCUT2D eigenvalue weighted by molar-refractivity contribution is 7.90. The van der Waals surface area contributed by atoms with E-state index in [-0.39, 0.29) is 35.4 Å². The maximum atomic E-state index is 12.8. The Morgan fingerprint density at radius 1 is 1.16 bits per heavy atom. The first-order valence-corrected chi connectivity index (χ1v) is 11.8. The molecule has 1 aliphatic rings. The van der Waals surface area contributed by atoms with Gasteiger partial charge in [-0.2, -0.15) is 0 Å². The average Bonchev–Trinajstić information content (AvgIpc) is 3.04. The summed E-state index contributed by atoms with van der Waals surface area (Å²) in [6, 6.07) is 12.0. The molecule has 10 nitrogen and oxygen atoms in total. The normalized spacial score (nSPS) is 16.1. The fourth-order valence-corrected chi connectivity index (χ4v) is 4.56. The molecule has 0 aliphatic carbocycles. The molecule has 3 N–H and O–H groups in total. The van der Waals surface area contributed by atoms with Gasteiger partial charge in [0, 0.05) is 24.7 Å². The summed E-state index contributed by atoms with van der Waals surface area (Å²) in [6.07, 6.45) is 2.07. The van der Waals surface area contributed by atoms with Gasteiger partial charge < -0.3 is 10.6 Å². The number of amides is 1. The highest BCUT2D eigenvalue weighted by Crippen LogP contribution is 2.24. The van der Waals surface area contributed by atoms with Crippen molar-refractivity contribution >= 4 is 33.1 Å². The van der Waals surface area contributed by atoms with E-state index in [4.69, 9.17) is 0 Å². The quantitative estimate of drug-likeness (QED) is 0.283. The zero-order valence-corrected chi connectivity index (χ0v) is 18.4. The number of para-hydroxylation sites is 2. The number of nitro benzene ring substituents is 1. The van der Waals surface area contributed by atoms with Gasteiger partial charge in [-0.05, 0) is 24.6 Å². The molecular weight excluding hydrogens is 434 g/mol. The van der Waals surface area contributed by atoms with Crippen molar-refractivity contribution in [3.05, 3.63) is 64.2 Å². The lowest BCUT2D eigenvalue weighted by atomic mass is 10.1. The highest BCUT2D eigenvalue weighted by atomic mass is 32.2. The molecule has 0 saturated heterocycles. The van der Waals surface area contributed by atoms with E-state index >= 15 is 0 Å². The Labute approximate surface area is 186 Å². The molecule has 0 fully saturated rings. The third-order valence-electron chi connectivity index (χ3n) is 4.92. The molecule has 170 valence electrons. The molecule has 2 aromatic carbocycles. The maximum Gasteiger partial charge on any atom is 0.292 e. The number of nitrogens with one attached hydrogen (secondary N) is 3. The molecule has 3 rings (SSSR count). The minimum absolute atomic E-state index is 0.0433. The number of fused-ring (bicyclic) bond motifs is 1. The van der Waals surface area contributed by atoms with Crippen LogP contribution in [0.4, 0.5) is 11.4 Å². The number of anilines is 1. The number of rotatable bonds is 10. The minimum atomic E-state index is -3.69. The van der Waals surface area contributed by atoms with E-state index in [1.54, 1.807) is 36.4 Å². The number of benzene rings is 2. The zero-order chi connectivity index (χ0) is 23.1. The molecule has 0 spiro atoms. The fraction of sp³-hybridized carbons (Fsp3) is 0.333. The van der Waals surface area contributed by atoms with E-state index in [1.165, 1.54) is 12.1 Å². The summed E-state index contributed by atoms with van der Waals surface area (Å²) in [5, 5.41) is 16.8. The van der Waals surface area contributed by atoms with Gasteiger partial charge in [0.05, 0.1) is 9.82 Å². The lowest BCUT2D eigenvalue weighted by Crippen LogP contribution is -2.38. The van der Waals surface area contributed by atoms with E-state index in [0.717, 1.165) is 12.8 Å². The van der Waals surface area contributed by atoms with Gasteiger partial charge >= 0.3 is 0 Å². The van der Waals surface area contributed by atoms with Crippen molar-refractivity contribution in [2.45, 2.75) is 37.1 Å². The van der Waals surface area contributed by atoms with Crippen LogP contribution >= 0.6 is 0 Å². The van der Waals surface area contributed by atoms with Gasteiger partial charge in [0.2, 0.25) is 5.91 Å². The van der Waals surface area contributed by atoms with Crippen LogP contribution < -0.4 is 15.4 Å². The Kier molecular flexibility index (Phi) is 7.41. The van der Waals surface area contributed by atoms with Crippen LogP contribution in [0.25, 0.3) is 0 Å². The summed E-state index contributed by atoms with van der Waals surface area (Å²) >= 11 is 0. The first-order valence-electron chi connectivity index (χ1n) is 10.3. The maximum absolute atomic E-state index is 12.8. The van der Waals surface area contributed by atoms with Gasteiger partial charge in [0.15, 0.2) is 0 Å². The molecule has 0 bridgehead atoms. The molecule has 0 saturated carbocycles. The van der Waals surface area contributed by atoms with Crippen molar-refractivity contribution in [2.24, 2.45) is 4.99 Å². The Morgan fingerprint density at radius 2 is 1.88 bits per heavy atom. The molecule has 2 aromatic rings. The first-order chi connectivity index (χ1) is 15.3. The van der Waals surface area contributed by atoms with Crippen molar-refractivity contribution < 1.29 is 18.1 Å². The van der Waals surface area contributed by atoms with E-state index in [9.17, 15) is 23.3 Å². The fourth-order valence-electron chi connectivity index (χ4n) is 3.32. The van der Waals surface area contributed by atoms with Crippen LogP contribution in [0.15, 0.2) is 58.4 Å². The van der Waals surface area contributed by atoms with E-state index in [1.807, 2.05) is 6.92 Å². The van der Waals surface area contributed by atoms with Crippen molar-refractivity contribution in [1.29, 1.82) is 0 Å². The third-order valence-corrected chi connectivity index (χ3v) is 6.32. The molecule has 11 heteroatoms. The number of carbonyl (C=O) groups excluding carboxylic acids is 1. The van der Waals surface area contributed by atoms with Crippen molar-refractivity contribution in [2.75, 3.05) is 18.4 Å². The number of nitrogens with zero attached hydrogens (tertiary/aromatic N) is 2. The summed E-state index contributed by atoms with van der Waals surface area (Å²) in [5.74, 6) is -0.172. The zero-order valence-electron chi connectivity index (χ0n) is 17.6. The number of carbonyl (C=O) groups is 1. The Balaban J connectivity index is 1.66. The van der Waals surface area contributed by atoms with Gasteiger partial charge in [-0.15, -0.1) is 0 Å². The van der Waals surface area contributed by atoms with Crippen molar-refractivity contribution in [1.82, 2.24) is 10.0 Å². The van der Waals surface area contributed by atoms with E-state index in [2.05, 4.69) is 20.3 Å². The molecule has 1 heterocycles. The van der Waals surface area contributed by atoms with Crippen LogP contribution in [-0.2, 0) is 14.8 Å². The number of hydrogen-bond acceptors (Lipinski definition) is 7. The smallest absolute Gasteiger partial charge is 0.292 e. The topological polar surface area (TPSA) is 143 Å². The van der Waals surface area contributed by atoms with Gasteiger partial charge in [0.1, 0.15) is 17.6 Å². The second-order valence-corrected chi connectivity index (χ2v) is 8.88.